The van der Waals surface area contributed by atoms with Crippen molar-refractivity contribution in [2.75, 3.05) is 27.4 Å². The van der Waals surface area contributed by atoms with Gasteiger partial charge in [-0.2, -0.15) is 0 Å². The maximum absolute atomic E-state index is 5.34. The Bertz CT molecular complexity index is 356. The lowest BCUT2D eigenvalue weighted by Gasteiger charge is -2.18. The molecule has 0 aliphatic carbocycles. The molecule has 0 bridgehead atoms. The number of hydrogen-bond acceptors (Lipinski definition) is 6. The van der Waals surface area contributed by atoms with E-state index in [0.717, 1.165) is 12.4 Å². The van der Waals surface area contributed by atoms with Crippen molar-refractivity contribution in [3.63, 3.8) is 0 Å². The van der Waals surface area contributed by atoms with E-state index < -0.39 is 0 Å². The van der Waals surface area contributed by atoms with Crippen LogP contribution in [-0.4, -0.2) is 53.7 Å². The summed E-state index contributed by atoms with van der Waals surface area (Å²) in [5, 5.41) is 15.3. The number of aromatic nitrogens is 4. The fourth-order valence-corrected chi connectivity index (χ4v) is 1.73. The Kier molecular flexibility index (Phi) is 6.90. The molecule has 0 saturated heterocycles. The van der Waals surface area contributed by atoms with Gasteiger partial charge in [0, 0.05) is 14.2 Å². The van der Waals surface area contributed by atoms with Crippen molar-refractivity contribution in [3.8, 4) is 0 Å². The number of hydrogen-bond donors (Lipinski definition) is 1. The lowest BCUT2D eigenvalue weighted by atomic mass is 10.2. The fourth-order valence-electron chi connectivity index (χ4n) is 1.73. The van der Waals surface area contributed by atoms with Crippen molar-refractivity contribution in [2.24, 2.45) is 5.92 Å². The average Bonchev–Trinajstić information content (AvgIpc) is 2.83. The minimum atomic E-state index is -0.0513. The van der Waals surface area contributed by atoms with Gasteiger partial charge in [-0.1, -0.05) is 13.8 Å². The van der Waals surface area contributed by atoms with E-state index in [1.54, 1.807) is 18.9 Å². The second kappa shape index (κ2) is 8.19. The van der Waals surface area contributed by atoms with Crippen molar-refractivity contribution in [2.45, 2.75) is 39.5 Å². The van der Waals surface area contributed by atoms with Crippen molar-refractivity contribution in [1.82, 2.24) is 25.5 Å². The van der Waals surface area contributed by atoms with Crippen molar-refractivity contribution >= 4 is 0 Å². The molecule has 7 nitrogen and oxygen atoms in total. The van der Waals surface area contributed by atoms with Crippen LogP contribution in [0.5, 0.6) is 0 Å². The summed E-state index contributed by atoms with van der Waals surface area (Å²) >= 11 is 0. The highest BCUT2D eigenvalue weighted by Gasteiger charge is 2.17. The number of tetrazole rings is 1. The molecule has 0 aliphatic heterocycles. The van der Waals surface area contributed by atoms with Crippen molar-refractivity contribution < 1.29 is 9.47 Å². The quantitative estimate of drug-likeness (QED) is 0.710. The molecule has 2 unspecified atom stereocenters. The SMILES string of the molecule is COCC(Cn1nnnc1C(C)NCC(C)C)OC. The molecule has 1 heterocycles. The molecule has 0 fully saturated rings. The summed E-state index contributed by atoms with van der Waals surface area (Å²) in [6, 6.07) is 0.109. The van der Waals surface area contributed by atoms with Gasteiger partial charge in [-0.15, -0.1) is 5.10 Å². The standard InChI is InChI=1S/C12H25N5O2/c1-9(2)6-13-10(3)12-14-15-16-17(12)7-11(19-5)8-18-4/h9-11,13H,6-8H2,1-5H3. The highest BCUT2D eigenvalue weighted by Crippen LogP contribution is 2.09. The second-order valence-electron chi connectivity index (χ2n) is 5.06. The fraction of sp³-hybridized carbons (Fsp3) is 0.917. The number of ether oxygens (including phenoxy) is 2. The lowest BCUT2D eigenvalue weighted by Crippen LogP contribution is -2.29. The Morgan fingerprint density at radius 3 is 2.58 bits per heavy atom. The van der Waals surface area contributed by atoms with Crippen LogP contribution in [0, 0.1) is 5.92 Å². The third kappa shape index (κ3) is 5.22. The van der Waals surface area contributed by atoms with Crippen LogP contribution in [0.4, 0.5) is 0 Å². The van der Waals surface area contributed by atoms with Crippen LogP contribution in [0.3, 0.4) is 0 Å². The molecule has 0 spiro atoms. The smallest absolute Gasteiger partial charge is 0.168 e. The Balaban J connectivity index is 2.63. The molecule has 0 saturated carbocycles. The number of nitrogens with zero attached hydrogens (tertiary/aromatic N) is 4. The van der Waals surface area contributed by atoms with Gasteiger partial charge in [-0.3, -0.25) is 0 Å². The van der Waals surface area contributed by atoms with E-state index in [2.05, 4.69) is 41.6 Å². The Hall–Kier alpha value is -1.05. The molecule has 0 aliphatic rings. The van der Waals surface area contributed by atoms with Gasteiger partial charge in [-0.25, -0.2) is 4.68 Å². The minimum absolute atomic E-state index is 0.0513. The van der Waals surface area contributed by atoms with E-state index in [1.807, 2.05) is 0 Å². The summed E-state index contributed by atoms with van der Waals surface area (Å²) in [7, 11) is 3.31. The largest absolute Gasteiger partial charge is 0.382 e. The molecule has 2 atom stereocenters. The second-order valence-corrected chi connectivity index (χ2v) is 5.06. The zero-order valence-corrected chi connectivity index (χ0v) is 12.5. The van der Waals surface area contributed by atoms with E-state index in [-0.39, 0.29) is 12.1 Å². The summed E-state index contributed by atoms with van der Waals surface area (Å²) in [4.78, 5) is 0. The molecule has 19 heavy (non-hydrogen) atoms. The summed E-state index contributed by atoms with van der Waals surface area (Å²) < 4.78 is 12.2. The van der Waals surface area contributed by atoms with Crippen LogP contribution in [0.2, 0.25) is 0 Å². The van der Waals surface area contributed by atoms with E-state index in [9.17, 15) is 0 Å². The van der Waals surface area contributed by atoms with Gasteiger partial charge in [0.1, 0.15) is 6.10 Å². The predicted molar refractivity (Wildman–Crippen MR) is 71.7 cm³/mol. The normalized spacial score (nSPS) is 14.8. The van der Waals surface area contributed by atoms with E-state index in [0.29, 0.717) is 19.1 Å². The van der Waals surface area contributed by atoms with Gasteiger partial charge >= 0.3 is 0 Å². The zero-order valence-electron chi connectivity index (χ0n) is 12.5. The molecule has 110 valence electrons. The van der Waals surface area contributed by atoms with Gasteiger partial charge in [0.15, 0.2) is 5.82 Å². The van der Waals surface area contributed by atoms with Crippen LogP contribution in [0.15, 0.2) is 0 Å². The van der Waals surface area contributed by atoms with Gasteiger partial charge in [0.05, 0.1) is 19.2 Å². The molecule has 1 rings (SSSR count). The third-order valence-corrected chi connectivity index (χ3v) is 2.84. The molecule has 1 N–H and O–H groups in total. The van der Waals surface area contributed by atoms with E-state index in [4.69, 9.17) is 9.47 Å². The van der Waals surface area contributed by atoms with Crippen molar-refractivity contribution in [1.29, 1.82) is 0 Å². The Morgan fingerprint density at radius 1 is 1.26 bits per heavy atom. The molecule has 1 aromatic heterocycles. The number of rotatable bonds is 9. The first-order chi connectivity index (χ1) is 9.08. The highest BCUT2D eigenvalue weighted by atomic mass is 16.5. The van der Waals surface area contributed by atoms with E-state index in [1.165, 1.54) is 0 Å². The average molecular weight is 271 g/mol. The molecular weight excluding hydrogens is 246 g/mol. The van der Waals surface area contributed by atoms with Crippen LogP contribution in [-0.2, 0) is 16.0 Å². The minimum Gasteiger partial charge on any atom is -0.382 e. The van der Waals surface area contributed by atoms with Crippen LogP contribution in [0.25, 0.3) is 0 Å². The number of nitrogens with one attached hydrogen (secondary N) is 1. The first-order valence-corrected chi connectivity index (χ1v) is 6.59. The van der Waals surface area contributed by atoms with Crippen molar-refractivity contribution in [3.05, 3.63) is 5.82 Å². The van der Waals surface area contributed by atoms with E-state index >= 15 is 0 Å². The number of methoxy groups -OCH3 is 2. The summed E-state index contributed by atoms with van der Waals surface area (Å²) in [6.45, 7) is 8.43. The van der Waals surface area contributed by atoms with Gasteiger partial charge in [0.25, 0.3) is 0 Å². The first-order valence-electron chi connectivity index (χ1n) is 6.59. The molecule has 7 heteroatoms. The molecular formula is C12H25N5O2. The highest BCUT2D eigenvalue weighted by molar-refractivity contribution is 4.90. The summed E-state index contributed by atoms with van der Waals surface area (Å²) in [5.41, 5.74) is 0. The monoisotopic (exact) mass is 271 g/mol. The molecule has 1 aromatic rings. The molecule has 0 aromatic carbocycles. The van der Waals surface area contributed by atoms with Gasteiger partial charge in [0.2, 0.25) is 0 Å². The maximum atomic E-state index is 5.34. The summed E-state index contributed by atoms with van der Waals surface area (Å²) in [5.74, 6) is 1.41. The summed E-state index contributed by atoms with van der Waals surface area (Å²) in [6.07, 6.45) is -0.0513. The van der Waals surface area contributed by atoms with Crippen LogP contribution in [0.1, 0.15) is 32.6 Å². The molecule has 0 amide bonds. The lowest BCUT2D eigenvalue weighted by molar-refractivity contribution is 0.0153. The predicted octanol–water partition coefficient (Wildman–Crippen LogP) is 0.641. The van der Waals surface area contributed by atoms with Gasteiger partial charge < -0.3 is 14.8 Å². The zero-order chi connectivity index (χ0) is 14.3. The van der Waals surface area contributed by atoms with Crippen LogP contribution < -0.4 is 5.32 Å². The first kappa shape index (κ1) is 16.0. The Morgan fingerprint density at radius 2 is 2.00 bits per heavy atom. The maximum Gasteiger partial charge on any atom is 0.168 e. The van der Waals surface area contributed by atoms with Gasteiger partial charge in [-0.05, 0) is 29.8 Å². The topological polar surface area (TPSA) is 74.1 Å². The third-order valence-electron chi connectivity index (χ3n) is 2.84. The van der Waals surface area contributed by atoms with Crippen LogP contribution >= 0.6 is 0 Å². The molecule has 0 radical (unpaired) electrons. The Labute approximate surface area is 114 Å².